The van der Waals surface area contributed by atoms with Crippen molar-refractivity contribution in [3.63, 3.8) is 0 Å². The molecule has 3 aromatic heterocycles. The molecule has 0 radical (unpaired) electrons. The Balaban J connectivity index is 0.000000248. The number of hydrogen-bond acceptors (Lipinski definition) is 3. The van der Waals surface area contributed by atoms with E-state index < -0.39 is 18.8 Å². The Morgan fingerprint density at radius 1 is 1.17 bits per heavy atom. The zero-order valence-electron chi connectivity index (χ0n) is 17.3. The van der Waals surface area contributed by atoms with E-state index in [1.54, 1.807) is 12.4 Å². The molecule has 4 heterocycles. The van der Waals surface area contributed by atoms with E-state index >= 15 is 0 Å². The fourth-order valence-corrected chi connectivity index (χ4v) is 2.59. The summed E-state index contributed by atoms with van der Waals surface area (Å²) in [5, 5.41) is 1.83. The van der Waals surface area contributed by atoms with E-state index in [2.05, 4.69) is 15.0 Å². The molecule has 2 N–H and O–H groups in total. The Hall–Kier alpha value is -2.78. The first-order chi connectivity index (χ1) is 13.9. The minimum atomic E-state index is -4.32. The van der Waals surface area contributed by atoms with Crippen molar-refractivity contribution in [3.8, 4) is 0 Å². The second-order valence-electron chi connectivity index (χ2n) is 5.59. The highest BCUT2D eigenvalue weighted by Gasteiger charge is 2.29. The first-order valence-corrected chi connectivity index (χ1v) is 9.79. The number of H-pyrrole nitrogens is 1. The lowest BCUT2D eigenvalue weighted by Crippen LogP contribution is -2.42. The lowest BCUT2D eigenvalue weighted by molar-refractivity contribution is -0.123. The van der Waals surface area contributed by atoms with Crippen LogP contribution >= 0.6 is 0 Å². The molecule has 2 amide bonds. The van der Waals surface area contributed by atoms with Crippen molar-refractivity contribution in [2.45, 2.75) is 46.7 Å². The minimum absolute atomic E-state index is 0.559. The van der Waals surface area contributed by atoms with Gasteiger partial charge >= 0.3 is 12.2 Å². The summed E-state index contributed by atoms with van der Waals surface area (Å²) in [5.74, 6) is 0. The van der Waals surface area contributed by atoms with Gasteiger partial charge in [-0.05, 0) is 18.9 Å². The maximum absolute atomic E-state index is 11.7. The topological polar surface area (TPSA) is 78.3 Å². The van der Waals surface area contributed by atoms with Gasteiger partial charge in [-0.15, -0.1) is 0 Å². The third-order valence-electron chi connectivity index (χ3n) is 3.78. The molecule has 0 bridgehead atoms. The summed E-state index contributed by atoms with van der Waals surface area (Å²) in [4.78, 5) is 23.8. The summed E-state index contributed by atoms with van der Waals surface area (Å²) in [6.07, 6.45) is 4.74. The molecule has 0 saturated carbocycles. The summed E-state index contributed by atoms with van der Waals surface area (Å²) in [6.45, 7) is 7.87. The number of hydrogen-bond donors (Lipinski definition) is 2. The molecule has 0 spiro atoms. The average molecular weight is 414 g/mol. The van der Waals surface area contributed by atoms with E-state index in [9.17, 15) is 18.0 Å². The van der Waals surface area contributed by atoms with E-state index in [4.69, 9.17) is 0 Å². The standard InChI is InChI=1S/C8H6N4.C7H11F3N2O.2C2H6/c1-2-10-8-6(1)12-4-3-9-7(12)5-11-8;8-7(9,10)5-11-6(13)12-3-1-2-4-12;2*1-2/h1-5,10H;1-5H2,(H,11,13);2*1-2H3. The Morgan fingerprint density at radius 3 is 2.45 bits per heavy atom. The molecule has 162 valence electrons. The summed E-state index contributed by atoms with van der Waals surface area (Å²) in [7, 11) is 0. The van der Waals surface area contributed by atoms with E-state index in [-0.39, 0.29) is 0 Å². The van der Waals surface area contributed by atoms with Gasteiger partial charge in [0.25, 0.3) is 0 Å². The van der Waals surface area contributed by atoms with Crippen molar-refractivity contribution in [2.75, 3.05) is 19.6 Å². The third kappa shape index (κ3) is 7.28. The number of fused-ring (bicyclic) bond motifs is 3. The number of halogens is 3. The first kappa shape index (κ1) is 24.3. The molecule has 0 aliphatic carbocycles. The van der Waals surface area contributed by atoms with Crippen molar-refractivity contribution < 1.29 is 18.0 Å². The molecule has 1 aliphatic rings. The van der Waals surface area contributed by atoms with Crippen LogP contribution in [0.1, 0.15) is 40.5 Å². The molecular formula is C19H29F3N6O. The van der Waals surface area contributed by atoms with Crippen LogP contribution in [0.4, 0.5) is 18.0 Å². The van der Waals surface area contributed by atoms with Crippen molar-refractivity contribution in [1.29, 1.82) is 0 Å². The van der Waals surface area contributed by atoms with Crippen LogP contribution in [0, 0.1) is 0 Å². The zero-order chi connectivity index (χ0) is 21.9. The Kier molecular flexibility index (Phi) is 9.98. The second kappa shape index (κ2) is 11.9. The average Bonchev–Trinajstić information content (AvgIpc) is 3.49. The predicted molar refractivity (Wildman–Crippen MR) is 108 cm³/mol. The molecule has 0 unspecified atom stereocenters. The Morgan fingerprint density at radius 2 is 1.83 bits per heavy atom. The van der Waals surface area contributed by atoms with Gasteiger partial charge < -0.3 is 15.2 Å². The maximum atomic E-state index is 11.7. The van der Waals surface area contributed by atoms with Crippen LogP contribution in [0.5, 0.6) is 0 Å². The van der Waals surface area contributed by atoms with Crippen molar-refractivity contribution >= 4 is 22.8 Å². The predicted octanol–water partition coefficient (Wildman–Crippen LogP) is 4.62. The van der Waals surface area contributed by atoms with Crippen LogP contribution in [0.15, 0.2) is 30.9 Å². The number of likely N-dealkylation sites (tertiary alicyclic amines) is 1. The van der Waals surface area contributed by atoms with Gasteiger partial charge in [-0.1, -0.05) is 27.7 Å². The Labute approximate surface area is 168 Å². The van der Waals surface area contributed by atoms with Crippen LogP contribution in [-0.4, -0.2) is 56.1 Å². The van der Waals surface area contributed by atoms with E-state index in [0.717, 1.165) is 29.7 Å². The number of rotatable bonds is 1. The molecule has 7 nitrogen and oxygen atoms in total. The summed E-state index contributed by atoms with van der Waals surface area (Å²) < 4.78 is 37.0. The minimum Gasteiger partial charge on any atom is -0.345 e. The largest absolute Gasteiger partial charge is 0.405 e. The molecule has 4 rings (SSSR count). The van der Waals surface area contributed by atoms with Gasteiger partial charge in [-0.25, -0.2) is 14.8 Å². The zero-order valence-corrected chi connectivity index (χ0v) is 17.3. The number of alkyl halides is 3. The van der Waals surface area contributed by atoms with Gasteiger partial charge in [0.2, 0.25) is 0 Å². The van der Waals surface area contributed by atoms with Crippen molar-refractivity contribution in [2.24, 2.45) is 0 Å². The SMILES string of the molecule is CC.CC.O=C(NCC(F)(F)F)N1CCCC1.c1cn2c(cnc3[nH]ccc32)n1. The molecule has 3 aromatic rings. The fourth-order valence-electron chi connectivity index (χ4n) is 2.59. The summed E-state index contributed by atoms with van der Waals surface area (Å²) in [6, 6.07) is 1.37. The number of nitrogens with one attached hydrogen (secondary N) is 2. The van der Waals surface area contributed by atoms with Gasteiger partial charge in [-0.2, -0.15) is 13.2 Å². The van der Waals surface area contributed by atoms with Crippen LogP contribution < -0.4 is 5.32 Å². The number of imidazole rings is 1. The second-order valence-corrected chi connectivity index (χ2v) is 5.59. The van der Waals surface area contributed by atoms with Crippen LogP contribution in [-0.2, 0) is 0 Å². The van der Waals surface area contributed by atoms with Crippen molar-refractivity contribution in [1.82, 2.24) is 29.6 Å². The van der Waals surface area contributed by atoms with Crippen LogP contribution in [0.25, 0.3) is 16.8 Å². The quantitative estimate of drug-likeness (QED) is 0.610. The normalized spacial score (nSPS) is 13.0. The molecule has 1 saturated heterocycles. The number of carbonyl (C=O) groups excluding carboxylic acids is 1. The smallest absolute Gasteiger partial charge is 0.345 e. The molecule has 0 atom stereocenters. The molecule has 1 aliphatic heterocycles. The highest BCUT2D eigenvalue weighted by Crippen LogP contribution is 2.13. The van der Waals surface area contributed by atoms with Gasteiger partial charge in [-0.3, -0.25) is 4.40 Å². The van der Waals surface area contributed by atoms with E-state index in [1.165, 1.54) is 4.90 Å². The van der Waals surface area contributed by atoms with E-state index in [1.807, 2.05) is 55.9 Å². The van der Waals surface area contributed by atoms with Gasteiger partial charge in [0, 0.05) is 31.7 Å². The number of aromatic nitrogens is 4. The molecular weight excluding hydrogens is 385 g/mol. The number of aromatic amines is 1. The lowest BCUT2D eigenvalue weighted by Gasteiger charge is -2.16. The fraction of sp³-hybridized carbons (Fsp3) is 0.526. The van der Waals surface area contributed by atoms with Crippen molar-refractivity contribution in [3.05, 3.63) is 30.9 Å². The van der Waals surface area contributed by atoms with Crippen LogP contribution in [0.3, 0.4) is 0 Å². The molecule has 1 fully saturated rings. The van der Waals surface area contributed by atoms with Gasteiger partial charge in [0.15, 0.2) is 11.3 Å². The van der Waals surface area contributed by atoms with E-state index in [0.29, 0.717) is 13.1 Å². The van der Waals surface area contributed by atoms with Crippen LogP contribution in [0.2, 0.25) is 0 Å². The maximum Gasteiger partial charge on any atom is 0.405 e. The highest BCUT2D eigenvalue weighted by atomic mass is 19.4. The van der Waals surface area contributed by atoms with Gasteiger partial charge in [0.1, 0.15) is 6.54 Å². The number of carbonyl (C=O) groups is 1. The number of nitrogens with zero attached hydrogens (tertiary/aromatic N) is 4. The molecule has 29 heavy (non-hydrogen) atoms. The highest BCUT2D eigenvalue weighted by molar-refractivity contribution is 5.74. The number of amides is 2. The molecule has 0 aromatic carbocycles. The summed E-state index contributed by atoms with van der Waals surface area (Å²) in [5.41, 5.74) is 2.83. The Bertz CT molecular complexity index is 803. The first-order valence-electron chi connectivity index (χ1n) is 9.79. The monoisotopic (exact) mass is 414 g/mol. The molecule has 10 heteroatoms. The van der Waals surface area contributed by atoms with Gasteiger partial charge in [0.05, 0.1) is 11.7 Å². The lowest BCUT2D eigenvalue weighted by atomic mass is 10.4. The third-order valence-corrected chi connectivity index (χ3v) is 3.78. The number of urea groups is 1. The summed E-state index contributed by atoms with van der Waals surface area (Å²) >= 11 is 0.